The Balaban J connectivity index is 1.43. The first-order chi connectivity index (χ1) is 12.7. The van der Waals surface area contributed by atoms with Crippen molar-refractivity contribution >= 4 is 40.7 Å². The van der Waals surface area contributed by atoms with Gasteiger partial charge in [-0.1, -0.05) is 6.07 Å². The summed E-state index contributed by atoms with van der Waals surface area (Å²) < 4.78 is 4.95. The summed E-state index contributed by atoms with van der Waals surface area (Å²) in [7, 11) is 0. The van der Waals surface area contributed by atoms with E-state index in [-0.39, 0.29) is 12.5 Å². The number of esters is 1. The molecule has 0 spiro atoms. The molecule has 1 aliphatic rings. The molecule has 2 aromatic rings. The Morgan fingerprint density at radius 3 is 2.58 bits per heavy atom. The summed E-state index contributed by atoms with van der Waals surface area (Å²) in [6, 6.07) is 11.6. The topological polar surface area (TPSA) is 58.6 Å². The minimum Gasteiger partial charge on any atom is -0.452 e. The van der Waals surface area contributed by atoms with Crippen LogP contribution in [0.15, 0.2) is 47.9 Å². The van der Waals surface area contributed by atoms with Gasteiger partial charge >= 0.3 is 5.97 Å². The fraction of sp³-hybridized carbons (Fsp3) is 0.300. The number of hydrogen-bond acceptors (Lipinski definition) is 5. The molecule has 1 saturated heterocycles. The molecule has 0 aliphatic carbocycles. The molecule has 1 N–H and O–H groups in total. The predicted molar refractivity (Wildman–Crippen MR) is 105 cm³/mol. The van der Waals surface area contributed by atoms with E-state index in [1.165, 1.54) is 42.4 Å². The highest BCUT2D eigenvalue weighted by Gasteiger charge is 2.11. The summed E-state index contributed by atoms with van der Waals surface area (Å²) in [6.45, 7) is 1.86. The van der Waals surface area contributed by atoms with Crippen LogP contribution in [-0.2, 0) is 14.3 Å². The number of piperidine rings is 1. The van der Waals surface area contributed by atoms with E-state index in [1.807, 2.05) is 41.8 Å². The van der Waals surface area contributed by atoms with Crippen molar-refractivity contribution in [3.8, 4) is 0 Å². The molecule has 2 heterocycles. The van der Waals surface area contributed by atoms with Crippen molar-refractivity contribution in [2.75, 3.05) is 29.9 Å². The zero-order valence-electron chi connectivity index (χ0n) is 14.5. The van der Waals surface area contributed by atoms with Gasteiger partial charge < -0.3 is 15.0 Å². The number of amides is 1. The van der Waals surface area contributed by atoms with Crippen LogP contribution in [0.3, 0.4) is 0 Å². The van der Waals surface area contributed by atoms with Gasteiger partial charge in [0.15, 0.2) is 6.61 Å². The van der Waals surface area contributed by atoms with Crippen LogP contribution < -0.4 is 10.2 Å². The first kappa shape index (κ1) is 18.2. The predicted octanol–water partition coefficient (Wildman–Crippen LogP) is 3.93. The van der Waals surface area contributed by atoms with E-state index in [2.05, 4.69) is 10.2 Å². The number of hydrogen-bond donors (Lipinski definition) is 1. The minimum atomic E-state index is -0.533. The van der Waals surface area contributed by atoms with Crippen LogP contribution in [0.25, 0.3) is 6.08 Å². The average Bonchev–Trinajstić information content (AvgIpc) is 3.20. The number of rotatable bonds is 6. The van der Waals surface area contributed by atoms with Crippen LogP contribution in [0.4, 0.5) is 11.4 Å². The Labute approximate surface area is 157 Å². The van der Waals surface area contributed by atoms with Crippen LogP contribution in [0.5, 0.6) is 0 Å². The molecule has 1 amide bonds. The zero-order valence-corrected chi connectivity index (χ0v) is 15.3. The number of benzene rings is 1. The largest absolute Gasteiger partial charge is 0.452 e. The summed E-state index contributed by atoms with van der Waals surface area (Å²) >= 11 is 1.53. The molecule has 1 aromatic carbocycles. The van der Waals surface area contributed by atoms with E-state index >= 15 is 0 Å². The van der Waals surface area contributed by atoms with Crippen LogP contribution in [0, 0.1) is 0 Å². The Bertz CT molecular complexity index is 748. The zero-order chi connectivity index (χ0) is 18.2. The molecule has 1 aliphatic heterocycles. The number of carbonyl (C=O) groups is 2. The molecular formula is C20H22N2O3S. The molecule has 6 heteroatoms. The maximum atomic E-state index is 11.9. The monoisotopic (exact) mass is 370 g/mol. The molecule has 1 aromatic heterocycles. The summed E-state index contributed by atoms with van der Waals surface area (Å²) in [5.41, 5.74) is 1.87. The van der Waals surface area contributed by atoms with E-state index in [1.54, 1.807) is 6.08 Å². The molecule has 1 fully saturated rings. The van der Waals surface area contributed by atoms with E-state index in [0.717, 1.165) is 18.0 Å². The summed E-state index contributed by atoms with van der Waals surface area (Å²) in [5.74, 6) is -0.886. The van der Waals surface area contributed by atoms with Gasteiger partial charge in [0.25, 0.3) is 5.91 Å². The molecule has 26 heavy (non-hydrogen) atoms. The molecular weight excluding hydrogens is 348 g/mol. The smallest absolute Gasteiger partial charge is 0.331 e. The van der Waals surface area contributed by atoms with Gasteiger partial charge in [-0.15, -0.1) is 11.3 Å². The fourth-order valence-corrected chi connectivity index (χ4v) is 3.44. The highest BCUT2D eigenvalue weighted by atomic mass is 32.1. The second kappa shape index (κ2) is 9.20. The van der Waals surface area contributed by atoms with Crippen molar-refractivity contribution in [3.63, 3.8) is 0 Å². The Morgan fingerprint density at radius 2 is 1.88 bits per heavy atom. The standard InChI is InChI=1S/C20H22N2O3S/c23-19(15-25-20(24)11-10-18-5-4-14-26-18)21-16-6-8-17(9-7-16)22-12-2-1-3-13-22/h4-11,14H,1-3,12-13,15H2,(H,21,23)/b11-10+. The second-order valence-corrected chi connectivity index (χ2v) is 7.08. The van der Waals surface area contributed by atoms with Gasteiger partial charge in [0.05, 0.1) is 0 Å². The lowest BCUT2D eigenvalue weighted by Crippen LogP contribution is -2.29. The Kier molecular flexibility index (Phi) is 6.44. The first-order valence-electron chi connectivity index (χ1n) is 8.74. The van der Waals surface area contributed by atoms with Gasteiger partial charge in [-0.25, -0.2) is 4.79 Å². The third kappa shape index (κ3) is 5.46. The van der Waals surface area contributed by atoms with Gasteiger partial charge in [-0.2, -0.15) is 0 Å². The molecule has 5 nitrogen and oxygen atoms in total. The third-order valence-corrected chi connectivity index (χ3v) is 4.98. The van der Waals surface area contributed by atoms with E-state index in [9.17, 15) is 9.59 Å². The normalized spacial score (nSPS) is 14.4. The average molecular weight is 370 g/mol. The van der Waals surface area contributed by atoms with Crippen LogP contribution >= 0.6 is 11.3 Å². The van der Waals surface area contributed by atoms with Crippen LogP contribution in [0.2, 0.25) is 0 Å². The number of nitrogens with zero attached hydrogens (tertiary/aromatic N) is 1. The highest BCUT2D eigenvalue weighted by molar-refractivity contribution is 7.10. The van der Waals surface area contributed by atoms with Gasteiger partial charge in [-0.05, 0) is 61.1 Å². The molecule has 0 saturated carbocycles. The Hall–Kier alpha value is -2.60. The van der Waals surface area contributed by atoms with E-state index in [0.29, 0.717) is 5.69 Å². The summed E-state index contributed by atoms with van der Waals surface area (Å²) in [6.07, 6.45) is 6.75. The van der Waals surface area contributed by atoms with Gasteiger partial charge in [-0.3, -0.25) is 4.79 Å². The lowest BCUT2D eigenvalue weighted by Gasteiger charge is -2.28. The summed E-state index contributed by atoms with van der Waals surface area (Å²) in [4.78, 5) is 26.9. The quantitative estimate of drug-likeness (QED) is 0.618. The number of thiophene rings is 1. The first-order valence-corrected chi connectivity index (χ1v) is 9.62. The van der Waals surface area contributed by atoms with Crippen LogP contribution in [0.1, 0.15) is 24.1 Å². The molecule has 0 atom stereocenters. The van der Waals surface area contributed by atoms with E-state index < -0.39 is 5.97 Å². The van der Waals surface area contributed by atoms with Crippen molar-refractivity contribution in [3.05, 3.63) is 52.7 Å². The van der Waals surface area contributed by atoms with Gasteiger partial charge in [0.2, 0.25) is 0 Å². The van der Waals surface area contributed by atoms with E-state index in [4.69, 9.17) is 4.74 Å². The van der Waals surface area contributed by atoms with Crippen molar-refractivity contribution in [1.82, 2.24) is 0 Å². The molecule has 0 unspecified atom stereocenters. The number of ether oxygens (including phenoxy) is 1. The van der Waals surface area contributed by atoms with Crippen molar-refractivity contribution < 1.29 is 14.3 Å². The number of nitrogens with one attached hydrogen (secondary N) is 1. The van der Waals surface area contributed by atoms with Crippen molar-refractivity contribution in [2.45, 2.75) is 19.3 Å². The van der Waals surface area contributed by atoms with Gasteiger partial charge in [0.1, 0.15) is 0 Å². The molecule has 136 valence electrons. The Morgan fingerprint density at radius 1 is 1.12 bits per heavy atom. The minimum absolute atomic E-state index is 0.304. The maximum Gasteiger partial charge on any atom is 0.331 e. The van der Waals surface area contributed by atoms with Gasteiger partial charge in [0, 0.05) is 35.4 Å². The summed E-state index contributed by atoms with van der Waals surface area (Å²) in [5, 5.41) is 4.67. The van der Waals surface area contributed by atoms with Crippen molar-refractivity contribution in [1.29, 1.82) is 0 Å². The SMILES string of the molecule is O=C(COC(=O)/C=C/c1cccs1)Nc1ccc(N2CCCCC2)cc1. The number of anilines is 2. The molecule has 0 radical (unpaired) electrons. The number of carbonyl (C=O) groups excluding carboxylic acids is 2. The lowest BCUT2D eigenvalue weighted by atomic mass is 10.1. The maximum absolute atomic E-state index is 11.9. The fourth-order valence-electron chi connectivity index (χ4n) is 2.83. The van der Waals surface area contributed by atoms with Crippen molar-refractivity contribution in [2.24, 2.45) is 0 Å². The molecule has 0 bridgehead atoms. The lowest BCUT2D eigenvalue weighted by molar-refractivity contribution is -0.142. The second-order valence-electron chi connectivity index (χ2n) is 6.10. The van der Waals surface area contributed by atoms with Crippen LogP contribution in [-0.4, -0.2) is 31.6 Å². The third-order valence-electron chi connectivity index (χ3n) is 4.14. The molecule has 3 rings (SSSR count). The highest BCUT2D eigenvalue weighted by Crippen LogP contribution is 2.21.